The molecule has 0 radical (unpaired) electrons. The molecule has 1 aromatic rings. The van der Waals surface area contributed by atoms with Gasteiger partial charge in [0.05, 0.1) is 17.0 Å². The van der Waals surface area contributed by atoms with Crippen molar-refractivity contribution in [3.63, 3.8) is 0 Å². The lowest BCUT2D eigenvalue weighted by Crippen LogP contribution is -2.25. The number of hydrogen-bond donors (Lipinski definition) is 0. The molecule has 0 aliphatic heterocycles. The number of aromatic nitrogens is 1. The van der Waals surface area contributed by atoms with E-state index in [1.165, 1.54) is 6.08 Å². The smallest absolute Gasteiger partial charge is 0.235 e. The SMILES string of the molecule is Cc1ccc2c(n1)C(N(C)C)=CC(=O)C2=O. The van der Waals surface area contributed by atoms with Gasteiger partial charge in [-0.3, -0.25) is 14.6 Å². The summed E-state index contributed by atoms with van der Waals surface area (Å²) in [6.45, 7) is 1.86. The van der Waals surface area contributed by atoms with Gasteiger partial charge in [0.25, 0.3) is 0 Å². The van der Waals surface area contributed by atoms with Crippen LogP contribution in [0.4, 0.5) is 0 Å². The van der Waals surface area contributed by atoms with E-state index in [4.69, 9.17) is 0 Å². The highest BCUT2D eigenvalue weighted by atomic mass is 16.2. The predicted molar refractivity (Wildman–Crippen MR) is 60.0 cm³/mol. The number of aryl methyl sites for hydroxylation is 1. The Morgan fingerprint density at radius 1 is 1.19 bits per heavy atom. The lowest BCUT2D eigenvalue weighted by atomic mass is 9.96. The van der Waals surface area contributed by atoms with Crippen molar-refractivity contribution in [3.05, 3.63) is 35.2 Å². The van der Waals surface area contributed by atoms with Crippen molar-refractivity contribution < 1.29 is 9.59 Å². The van der Waals surface area contributed by atoms with Gasteiger partial charge in [0.2, 0.25) is 11.6 Å². The molecule has 0 atom stereocenters. The molecule has 0 saturated heterocycles. The van der Waals surface area contributed by atoms with Crippen LogP contribution < -0.4 is 0 Å². The van der Waals surface area contributed by atoms with Crippen molar-refractivity contribution in [2.45, 2.75) is 6.92 Å². The van der Waals surface area contributed by atoms with Crippen LogP contribution in [0.15, 0.2) is 18.2 Å². The van der Waals surface area contributed by atoms with Gasteiger partial charge in [-0.05, 0) is 19.1 Å². The Balaban J connectivity index is 2.69. The topological polar surface area (TPSA) is 50.3 Å². The molecule has 0 N–H and O–H groups in total. The molecular formula is C12H12N2O2. The minimum atomic E-state index is -0.484. The van der Waals surface area contributed by atoms with Crippen molar-refractivity contribution >= 4 is 17.3 Å². The van der Waals surface area contributed by atoms with Gasteiger partial charge in [0.1, 0.15) is 0 Å². The third-order valence-corrected chi connectivity index (χ3v) is 2.50. The summed E-state index contributed by atoms with van der Waals surface area (Å²) in [4.78, 5) is 29.2. The summed E-state index contributed by atoms with van der Waals surface area (Å²) in [5, 5.41) is 0. The predicted octanol–water partition coefficient (Wildman–Crippen LogP) is 1.06. The lowest BCUT2D eigenvalue weighted by molar-refractivity contribution is -0.111. The molecule has 0 aromatic carbocycles. The van der Waals surface area contributed by atoms with Gasteiger partial charge in [0.15, 0.2) is 0 Å². The first-order valence-corrected chi connectivity index (χ1v) is 4.96. The van der Waals surface area contributed by atoms with Crippen molar-refractivity contribution in [2.24, 2.45) is 0 Å². The van der Waals surface area contributed by atoms with Crippen LogP contribution in [-0.4, -0.2) is 35.5 Å². The molecular weight excluding hydrogens is 204 g/mol. The van der Waals surface area contributed by atoms with Gasteiger partial charge in [0, 0.05) is 25.9 Å². The second-order valence-electron chi connectivity index (χ2n) is 3.97. The molecule has 1 heterocycles. The monoisotopic (exact) mass is 216 g/mol. The Labute approximate surface area is 93.6 Å². The highest BCUT2D eigenvalue weighted by Crippen LogP contribution is 2.24. The first-order chi connectivity index (χ1) is 7.50. The normalized spacial score (nSPS) is 14.6. The standard InChI is InChI=1S/C12H12N2O2/c1-7-4-5-8-11(13-7)9(14(2)3)6-10(15)12(8)16/h4-6H,1-3H3. The third-order valence-electron chi connectivity index (χ3n) is 2.50. The first-order valence-electron chi connectivity index (χ1n) is 4.96. The Morgan fingerprint density at radius 2 is 1.88 bits per heavy atom. The van der Waals surface area contributed by atoms with Crippen LogP contribution >= 0.6 is 0 Å². The zero-order valence-corrected chi connectivity index (χ0v) is 9.44. The minimum Gasteiger partial charge on any atom is -0.376 e. The molecule has 1 aliphatic carbocycles. The molecule has 4 heteroatoms. The number of fused-ring (bicyclic) bond motifs is 1. The van der Waals surface area contributed by atoms with E-state index in [2.05, 4.69) is 4.98 Å². The quantitative estimate of drug-likeness (QED) is 0.658. The largest absolute Gasteiger partial charge is 0.376 e. The van der Waals surface area contributed by atoms with Crippen LogP contribution in [0.5, 0.6) is 0 Å². The third kappa shape index (κ3) is 1.52. The molecule has 1 aliphatic rings. The van der Waals surface area contributed by atoms with Gasteiger partial charge in [-0.15, -0.1) is 0 Å². The van der Waals surface area contributed by atoms with Crippen molar-refractivity contribution in [1.82, 2.24) is 9.88 Å². The Morgan fingerprint density at radius 3 is 2.50 bits per heavy atom. The molecule has 16 heavy (non-hydrogen) atoms. The summed E-state index contributed by atoms with van der Waals surface area (Å²) in [5.74, 6) is -0.963. The maximum Gasteiger partial charge on any atom is 0.235 e. The van der Waals surface area contributed by atoms with E-state index in [9.17, 15) is 9.59 Å². The average molecular weight is 216 g/mol. The highest BCUT2D eigenvalue weighted by Gasteiger charge is 2.27. The number of nitrogens with zero attached hydrogens (tertiary/aromatic N) is 2. The average Bonchev–Trinajstić information content (AvgIpc) is 2.22. The zero-order chi connectivity index (χ0) is 11.9. The second-order valence-corrected chi connectivity index (χ2v) is 3.97. The fourth-order valence-corrected chi connectivity index (χ4v) is 1.67. The maximum absolute atomic E-state index is 11.6. The fraction of sp³-hybridized carbons (Fsp3) is 0.250. The highest BCUT2D eigenvalue weighted by molar-refractivity contribution is 6.50. The van der Waals surface area contributed by atoms with Crippen molar-refractivity contribution in [2.75, 3.05) is 14.1 Å². The summed E-state index contributed by atoms with van der Waals surface area (Å²) >= 11 is 0. The minimum absolute atomic E-state index is 0.391. The second kappa shape index (κ2) is 3.56. The number of pyridine rings is 1. The molecule has 0 fully saturated rings. The first kappa shape index (κ1) is 10.5. The Kier molecular flexibility index (Phi) is 2.34. The fourth-order valence-electron chi connectivity index (χ4n) is 1.67. The van der Waals surface area contributed by atoms with E-state index in [-0.39, 0.29) is 0 Å². The molecule has 2 rings (SSSR count). The van der Waals surface area contributed by atoms with Gasteiger partial charge >= 0.3 is 0 Å². The van der Waals surface area contributed by atoms with Crippen LogP contribution in [0.3, 0.4) is 0 Å². The summed E-state index contributed by atoms with van der Waals surface area (Å²) in [5.41, 5.74) is 2.49. The summed E-state index contributed by atoms with van der Waals surface area (Å²) in [6.07, 6.45) is 1.34. The number of carbonyl (C=O) groups excluding carboxylic acids is 2. The van der Waals surface area contributed by atoms with Crippen LogP contribution in [0.2, 0.25) is 0 Å². The van der Waals surface area contributed by atoms with E-state index in [1.54, 1.807) is 17.0 Å². The zero-order valence-electron chi connectivity index (χ0n) is 9.44. The van der Waals surface area contributed by atoms with Gasteiger partial charge in [-0.1, -0.05) is 0 Å². The number of ketones is 2. The molecule has 82 valence electrons. The van der Waals surface area contributed by atoms with Crippen molar-refractivity contribution in [3.8, 4) is 0 Å². The molecule has 0 spiro atoms. The van der Waals surface area contributed by atoms with E-state index < -0.39 is 11.6 Å². The number of hydrogen-bond acceptors (Lipinski definition) is 4. The van der Waals surface area contributed by atoms with Gasteiger partial charge in [-0.25, -0.2) is 0 Å². The lowest BCUT2D eigenvalue weighted by Gasteiger charge is -2.21. The molecule has 4 nitrogen and oxygen atoms in total. The van der Waals surface area contributed by atoms with E-state index >= 15 is 0 Å². The summed E-state index contributed by atoms with van der Waals surface area (Å²) < 4.78 is 0. The molecule has 1 aromatic heterocycles. The molecule has 0 bridgehead atoms. The van der Waals surface area contributed by atoms with Crippen LogP contribution in [0.25, 0.3) is 5.70 Å². The van der Waals surface area contributed by atoms with E-state index in [0.29, 0.717) is 17.0 Å². The summed E-state index contributed by atoms with van der Waals surface area (Å²) in [7, 11) is 3.64. The Bertz CT molecular complexity index is 516. The van der Waals surface area contributed by atoms with Crippen LogP contribution in [-0.2, 0) is 4.79 Å². The summed E-state index contributed by atoms with van der Waals surface area (Å²) in [6, 6.07) is 3.40. The number of allylic oxidation sites excluding steroid dienone is 1. The van der Waals surface area contributed by atoms with Gasteiger partial charge in [-0.2, -0.15) is 0 Å². The maximum atomic E-state index is 11.6. The molecule has 0 amide bonds. The van der Waals surface area contributed by atoms with Crippen molar-refractivity contribution in [1.29, 1.82) is 0 Å². The van der Waals surface area contributed by atoms with E-state index in [1.807, 2.05) is 21.0 Å². The molecule has 0 unspecified atom stereocenters. The number of carbonyl (C=O) groups is 2. The van der Waals surface area contributed by atoms with E-state index in [0.717, 1.165) is 5.69 Å². The van der Waals surface area contributed by atoms with Gasteiger partial charge < -0.3 is 4.90 Å². The van der Waals surface area contributed by atoms with Crippen LogP contribution in [0.1, 0.15) is 21.7 Å². The number of Topliss-reactive ketones (excluding diaryl/α,β-unsaturated/α-hetero) is 1. The van der Waals surface area contributed by atoms with Crippen LogP contribution in [0, 0.1) is 6.92 Å². The molecule has 0 saturated carbocycles. The Hall–Kier alpha value is -1.97. The number of rotatable bonds is 1.